The minimum atomic E-state index is -3.66. The molecule has 8 heteroatoms. The highest BCUT2D eigenvalue weighted by atomic mass is 32.2. The van der Waals surface area contributed by atoms with Crippen LogP contribution in [-0.2, 0) is 14.8 Å². The van der Waals surface area contributed by atoms with Gasteiger partial charge in [0.25, 0.3) is 10.0 Å². The molecule has 0 spiro atoms. The van der Waals surface area contributed by atoms with Crippen LogP contribution in [0.4, 0.5) is 0 Å². The summed E-state index contributed by atoms with van der Waals surface area (Å²) in [5, 5.41) is 4.55. The summed E-state index contributed by atoms with van der Waals surface area (Å²) < 4.78 is 27.4. The fraction of sp³-hybridized carbons (Fsp3) is 0.688. The smallest absolute Gasteiger partial charge is 0.250 e. The molecule has 1 aromatic rings. The Morgan fingerprint density at radius 2 is 1.96 bits per heavy atom. The maximum absolute atomic E-state index is 12.4. The number of hydrogen-bond acceptors (Lipinski definition) is 5. The standard InChI is InChI=1S/C16H29N3O3S2/c1-5-19(6-2)11-8-10-17-16(20)15(13(3)4)18-24(21,22)14-9-7-12-23-14/h7,9,12-13,15,18H,5-6,8,10-11H2,1-4H3,(H,17,20)/t15-/m1/s1. The molecule has 0 aromatic carbocycles. The highest BCUT2D eigenvalue weighted by Crippen LogP contribution is 2.17. The van der Waals surface area contributed by atoms with Crippen LogP contribution in [0.1, 0.15) is 34.1 Å². The van der Waals surface area contributed by atoms with E-state index < -0.39 is 16.1 Å². The lowest BCUT2D eigenvalue weighted by Crippen LogP contribution is -2.49. The Kier molecular flexibility index (Phi) is 8.90. The van der Waals surface area contributed by atoms with Crippen LogP contribution in [0.15, 0.2) is 21.7 Å². The van der Waals surface area contributed by atoms with Gasteiger partial charge < -0.3 is 10.2 Å². The molecule has 0 saturated carbocycles. The van der Waals surface area contributed by atoms with E-state index in [0.29, 0.717) is 6.54 Å². The summed E-state index contributed by atoms with van der Waals surface area (Å²) in [7, 11) is -3.66. The van der Waals surface area contributed by atoms with Crippen LogP contribution in [0.2, 0.25) is 0 Å². The van der Waals surface area contributed by atoms with Crippen molar-refractivity contribution in [2.45, 2.75) is 44.4 Å². The van der Waals surface area contributed by atoms with E-state index in [9.17, 15) is 13.2 Å². The van der Waals surface area contributed by atoms with Crippen molar-refractivity contribution >= 4 is 27.3 Å². The number of nitrogens with one attached hydrogen (secondary N) is 2. The quantitative estimate of drug-likeness (QED) is 0.579. The molecular formula is C16H29N3O3S2. The Labute approximate surface area is 149 Å². The number of carbonyl (C=O) groups is 1. The number of thiophene rings is 1. The second-order valence-electron chi connectivity index (χ2n) is 5.95. The van der Waals surface area contributed by atoms with Crippen LogP contribution >= 0.6 is 11.3 Å². The van der Waals surface area contributed by atoms with Crippen LogP contribution in [0.5, 0.6) is 0 Å². The average molecular weight is 376 g/mol. The second-order valence-corrected chi connectivity index (χ2v) is 8.84. The van der Waals surface area contributed by atoms with E-state index in [2.05, 4.69) is 28.8 Å². The summed E-state index contributed by atoms with van der Waals surface area (Å²) in [4.78, 5) is 14.7. The van der Waals surface area contributed by atoms with Crippen LogP contribution in [0.3, 0.4) is 0 Å². The Hall–Kier alpha value is -0.960. The summed E-state index contributed by atoms with van der Waals surface area (Å²) in [5.74, 6) is -0.410. The second kappa shape index (κ2) is 10.1. The van der Waals surface area contributed by atoms with E-state index in [-0.39, 0.29) is 16.0 Å². The third kappa shape index (κ3) is 6.51. The molecule has 0 aliphatic carbocycles. The molecule has 0 saturated heterocycles. The Morgan fingerprint density at radius 3 is 2.46 bits per heavy atom. The third-order valence-electron chi connectivity index (χ3n) is 3.84. The lowest BCUT2D eigenvalue weighted by molar-refractivity contribution is -0.123. The van der Waals surface area contributed by atoms with Gasteiger partial charge in [0.05, 0.1) is 0 Å². The highest BCUT2D eigenvalue weighted by molar-refractivity contribution is 7.91. The van der Waals surface area contributed by atoms with E-state index in [1.807, 2.05) is 13.8 Å². The first-order valence-electron chi connectivity index (χ1n) is 8.37. The van der Waals surface area contributed by atoms with Crippen molar-refractivity contribution in [2.75, 3.05) is 26.2 Å². The Morgan fingerprint density at radius 1 is 1.29 bits per heavy atom. The molecule has 0 aliphatic heterocycles. The maximum atomic E-state index is 12.4. The van der Waals surface area contributed by atoms with Crippen molar-refractivity contribution in [3.05, 3.63) is 17.5 Å². The van der Waals surface area contributed by atoms with Gasteiger partial charge in [-0.15, -0.1) is 11.3 Å². The Balaban J connectivity index is 2.57. The fourth-order valence-electron chi connectivity index (χ4n) is 2.30. The molecule has 0 bridgehead atoms. The molecule has 1 atom stereocenters. The molecule has 6 nitrogen and oxygen atoms in total. The molecule has 1 aromatic heterocycles. The van der Waals surface area contributed by atoms with E-state index in [1.165, 1.54) is 6.07 Å². The lowest BCUT2D eigenvalue weighted by atomic mass is 10.1. The van der Waals surface area contributed by atoms with Crippen molar-refractivity contribution in [1.82, 2.24) is 14.9 Å². The van der Waals surface area contributed by atoms with Crippen molar-refractivity contribution < 1.29 is 13.2 Å². The first-order valence-corrected chi connectivity index (χ1v) is 10.7. The summed E-state index contributed by atoms with van der Waals surface area (Å²) >= 11 is 1.14. The van der Waals surface area contributed by atoms with Gasteiger partial charge in [-0.3, -0.25) is 4.79 Å². The van der Waals surface area contributed by atoms with Gasteiger partial charge in [-0.05, 0) is 43.4 Å². The average Bonchev–Trinajstić information content (AvgIpc) is 3.07. The number of nitrogens with zero attached hydrogens (tertiary/aromatic N) is 1. The number of amides is 1. The molecule has 138 valence electrons. The molecule has 0 unspecified atom stereocenters. The van der Waals surface area contributed by atoms with E-state index in [4.69, 9.17) is 0 Å². The van der Waals surface area contributed by atoms with Crippen molar-refractivity contribution in [1.29, 1.82) is 0 Å². The van der Waals surface area contributed by atoms with Gasteiger partial charge in [0.1, 0.15) is 10.3 Å². The summed E-state index contributed by atoms with van der Waals surface area (Å²) in [6.45, 7) is 11.3. The van der Waals surface area contributed by atoms with Gasteiger partial charge in [-0.25, -0.2) is 8.42 Å². The van der Waals surface area contributed by atoms with Crippen molar-refractivity contribution in [2.24, 2.45) is 5.92 Å². The van der Waals surface area contributed by atoms with Gasteiger partial charge >= 0.3 is 0 Å². The molecule has 1 amide bonds. The summed E-state index contributed by atoms with van der Waals surface area (Å²) in [5.41, 5.74) is 0. The van der Waals surface area contributed by atoms with E-state index >= 15 is 0 Å². The lowest BCUT2D eigenvalue weighted by Gasteiger charge is -2.22. The van der Waals surface area contributed by atoms with Gasteiger partial charge in [0.15, 0.2) is 0 Å². The van der Waals surface area contributed by atoms with E-state index in [1.54, 1.807) is 11.4 Å². The number of rotatable bonds is 11. The van der Waals surface area contributed by atoms with Crippen LogP contribution in [0.25, 0.3) is 0 Å². The van der Waals surface area contributed by atoms with Crippen molar-refractivity contribution in [3.8, 4) is 0 Å². The van der Waals surface area contributed by atoms with Gasteiger partial charge in [0.2, 0.25) is 5.91 Å². The Bertz CT molecular complexity index is 582. The number of carbonyl (C=O) groups excluding carboxylic acids is 1. The first-order chi connectivity index (χ1) is 11.3. The predicted octanol–water partition coefficient (Wildman–Crippen LogP) is 1.90. The number of hydrogen-bond donors (Lipinski definition) is 2. The fourth-order valence-corrected chi connectivity index (χ4v) is 4.65. The summed E-state index contributed by atoms with van der Waals surface area (Å²) in [6, 6.07) is 2.44. The molecular weight excluding hydrogens is 346 g/mol. The van der Waals surface area contributed by atoms with Crippen LogP contribution in [-0.4, -0.2) is 51.4 Å². The minimum absolute atomic E-state index is 0.137. The topological polar surface area (TPSA) is 78.5 Å². The van der Waals surface area contributed by atoms with Gasteiger partial charge in [-0.1, -0.05) is 33.8 Å². The zero-order valence-corrected chi connectivity index (χ0v) is 16.5. The SMILES string of the molecule is CCN(CC)CCCNC(=O)[C@H](NS(=O)(=O)c1cccs1)C(C)C. The molecule has 1 heterocycles. The zero-order chi connectivity index (χ0) is 18.2. The minimum Gasteiger partial charge on any atom is -0.355 e. The van der Waals surface area contributed by atoms with Crippen LogP contribution < -0.4 is 10.0 Å². The monoisotopic (exact) mass is 375 g/mol. The normalized spacial score (nSPS) is 13.4. The zero-order valence-electron chi connectivity index (χ0n) is 14.9. The summed E-state index contributed by atoms with van der Waals surface area (Å²) in [6.07, 6.45) is 0.843. The largest absolute Gasteiger partial charge is 0.355 e. The van der Waals surface area contributed by atoms with Gasteiger partial charge in [-0.2, -0.15) is 4.72 Å². The van der Waals surface area contributed by atoms with Crippen LogP contribution in [0, 0.1) is 5.92 Å². The molecule has 1 rings (SSSR count). The molecule has 2 N–H and O–H groups in total. The van der Waals surface area contributed by atoms with Gasteiger partial charge in [0, 0.05) is 6.54 Å². The van der Waals surface area contributed by atoms with E-state index in [0.717, 1.165) is 37.4 Å². The molecule has 0 fully saturated rings. The van der Waals surface area contributed by atoms with Crippen molar-refractivity contribution in [3.63, 3.8) is 0 Å². The third-order valence-corrected chi connectivity index (χ3v) is 6.67. The molecule has 0 radical (unpaired) electrons. The predicted molar refractivity (Wildman–Crippen MR) is 98.7 cm³/mol. The highest BCUT2D eigenvalue weighted by Gasteiger charge is 2.28. The molecule has 24 heavy (non-hydrogen) atoms. The first kappa shape index (κ1) is 21.1. The number of sulfonamides is 1. The molecule has 0 aliphatic rings. The maximum Gasteiger partial charge on any atom is 0.250 e.